The lowest BCUT2D eigenvalue weighted by Gasteiger charge is -2.44. The van der Waals surface area contributed by atoms with E-state index in [0.29, 0.717) is 61.8 Å². The van der Waals surface area contributed by atoms with Gasteiger partial charge >= 0.3 is 0 Å². The second-order valence-corrected chi connectivity index (χ2v) is 11.7. The molecule has 0 spiro atoms. The van der Waals surface area contributed by atoms with Crippen LogP contribution in [-0.2, 0) is 22.6 Å². The van der Waals surface area contributed by atoms with Crippen LogP contribution in [-0.4, -0.2) is 74.7 Å². The molecule has 1 aliphatic carbocycles. The molecule has 0 N–H and O–H groups in total. The van der Waals surface area contributed by atoms with Crippen LogP contribution in [0.2, 0.25) is 0 Å². The predicted molar refractivity (Wildman–Crippen MR) is 160 cm³/mol. The molecule has 0 aromatic heterocycles. The number of rotatable bonds is 8. The number of anilines is 1. The molecule has 1 saturated heterocycles. The summed E-state index contributed by atoms with van der Waals surface area (Å²) in [5, 5.41) is 0. The first-order valence-electron chi connectivity index (χ1n) is 15.1. The van der Waals surface area contributed by atoms with Crippen molar-refractivity contribution in [2.75, 3.05) is 45.9 Å². The number of methoxy groups -OCH3 is 3. The Morgan fingerprint density at radius 1 is 0.878 bits per heavy atom. The number of hydrogen-bond acceptors (Lipinski definition) is 6. The average Bonchev–Trinajstić information content (AvgIpc) is 3.80. The van der Waals surface area contributed by atoms with Crippen LogP contribution in [0.4, 0.5) is 5.69 Å². The lowest BCUT2D eigenvalue weighted by Crippen LogP contribution is -2.53. The fourth-order valence-electron chi connectivity index (χ4n) is 6.73. The van der Waals surface area contributed by atoms with E-state index in [9.17, 15) is 9.59 Å². The van der Waals surface area contributed by atoms with E-state index in [0.717, 1.165) is 55.0 Å². The smallest absolute Gasteiger partial charge is 0.223 e. The van der Waals surface area contributed by atoms with Crippen LogP contribution in [0.5, 0.6) is 17.2 Å². The molecular formula is C33H45N3O5. The van der Waals surface area contributed by atoms with Crippen molar-refractivity contribution >= 4 is 17.5 Å². The van der Waals surface area contributed by atoms with Crippen molar-refractivity contribution in [3.8, 4) is 17.2 Å². The summed E-state index contributed by atoms with van der Waals surface area (Å²) < 4.78 is 16.7. The summed E-state index contributed by atoms with van der Waals surface area (Å²) in [4.78, 5) is 33.6. The minimum Gasteiger partial charge on any atom is -0.493 e. The zero-order chi connectivity index (χ0) is 28.9. The number of aryl methyl sites for hydroxylation is 1. The zero-order valence-corrected chi connectivity index (χ0v) is 25.1. The highest BCUT2D eigenvalue weighted by molar-refractivity contribution is 5.92. The molecule has 5 rings (SSSR count). The number of fused-ring (bicyclic) bond motifs is 3. The molecule has 1 saturated carbocycles. The van der Waals surface area contributed by atoms with Crippen LogP contribution in [0.3, 0.4) is 0 Å². The van der Waals surface area contributed by atoms with Crippen molar-refractivity contribution in [1.82, 2.24) is 9.80 Å². The van der Waals surface area contributed by atoms with Crippen LogP contribution < -0.4 is 19.1 Å². The predicted octanol–water partition coefficient (Wildman–Crippen LogP) is 5.06. The topological polar surface area (TPSA) is 71.6 Å². The van der Waals surface area contributed by atoms with Crippen molar-refractivity contribution in [2.24, 2.45) is 5.92 Å². The first-order chi connectivity index (χ1) is 19.9. The minimum absolute atomic E-state index is 0.0521. The molecule has 2 fully saturated rings. The van der Waals surface area contributed by atoms with Crippen molar-refractivity contribution in [3.63, 3.8) is 0 Å². The lowest BCUT2D eigenvalue weighted by molar-refractivity contribution is -0.133. The van der Waals surface area contributed by atoms with Gasteiger partial charge in [0, 0.05) is 57.3 Å². The molecule has 2 bridgehead atoms. The highest BCUT2D eigenvalue weighted by Crippen LogP contribution is 2.40. The Morgan fingerprint density at radius 3 is 2.34 bits per heavy atom. The Balaban J connectivity index is 1.44. The van der Waals surface area contributed by atoms with Gasteiger partial charge in [-0.25, -0.2) is 0 Å². The second-order valence-electron chi connectivity index (χ2n) is 11.7. The third-order valence-corrected chi connectivity index (χ3v) is 9.07. The van der Waals surface area contributed by atoms with Crippen molar-refractivity contribution in [2.45, 2.75) is 76.9 Å². The number of carbonyl (C=O) groups excluding carboxylic acids is 2. The first-order valence-corrected chi connectivity index (χ1v) is 15.1. The maximum absolute atomic E-state index is 14.1. The molecule has 222 valence electrons. The lowest BCUT2D eigenvalue weighted by atomic mass is 9.92. The molecule has 2 aliphatic heterocycles. The first kappa shape index (κ1) is 29.2. The third-order valence-electron chi connectivity index (χ3n) is 9.07. The second kappa shape index (κ2) is 13.1. The summed E-state index contributed by atoms with van der Waals surface area (Å²) in [6.45, 7) is 4.66. The van der Waals surface area contributed by atoms with Gasteiger partial charge in [-0.2, -0.15) is 0 Å². The van der Waals surface area contributed by atoms with Crippen molar-refractivity contribution in [1.29, 1.82) is 0 Å². The van der Waals surface area contributed by atoms with Gasteiger partial charge < -0.3 is 24.0 Å². The SMILES string of the molecule is COc1ccc(CCC(=O)N2Cc3ccccc3N(C(C)=O)CCC3CCCC(C2)N3CC2CC2)c(OC)c1OC. The molecule has 41 heavy (non-hydrogen) atoms. The van der Waals surface area contributed by atoms with Gasteiger partial charge in [0.05, 0.1) is 21.3 Å². The number of nitrogens with zero attached hydrogens (tertiary/aromatic N) is 3. The van der Waals surface area contributed by atoms with E-state index in [-0.39, 0.29) is 11.8 Å². The summed E-state index contributed by atoms with van der Waals surface area (Å²) in [7, 11) is 4.81. The van der Waals surface area contributed by atoms with Crippen molar-refractivity contribution in [3.05, 3.63) is 47.5 Å². The Kier molecular flexibility index (Phi) is 9.38. The highest BCUT2D eigenvalue weighted by atomic mass is 16.5. The van der Waals surface area contributed by atoms with Crippen LogP contribution in [0, 0.1) is 5.92 Å². The number of amides is 2. The number of carbonyl (C=O) groups is 2. The number of hydrogen-bond donors (Lipinski definition) is 0. The number of benzene rings is 2. The van der Waals surface area contributed by atoms with E-state index < -0.39 is 0 Å². The van der Waals surface area contributed by atoms with Gasteiger partial charge in [-0.1, -0.05) is 30.7 Å². The standard InChI is InChI=1S/C33H45N3O5/c1-23(37)35-19-18-27-9-7-10-28(36(27)20-24-12-13-24)22-34(21-26-8-5-6-11-29(26)35)31(38)17-15-25-14-16-30(39-2)33(41-4)32(25)40-3/h5-6,8,11,14,16,24,27-28H,7,9-10,12-13,15,17-22H2,1-4H3. The summed E-state index contributed by atoms with van der Waals surface area (Å²) >= 11 is 0. The molecule has 8 heteroatoms. The minimum atomic E-state index is 0.0521. The fraction of sp³-hybridized carbons (Fsp3) is 0.576. The van der Waals surface area contributed by atoms with Crippen LogP contribution in [0.15, 0.2) is 36.4 Å². The molecule has 2 aromatic rings. The van der Waals surface area contributed by atoms with E-state index in [1.165, 1.54) is 12.8 Å². The van der Waals surface area contributed by atoms with Gasteiger partial charge in [-0.15, -0.1) is 0 Å². The summed E-state index contributed by atoms with van der Waals surface area (Å²) in [5.41, 5.74) is 2.85. The molecule has 3 aliphatic rings. The maximum Gasteiger partial charge on any atom is 0.223 e. The van der Waals surface area contributed by atoms with Gasteiger partial charge in [0.25, 0.3) is 0 Å². The summed E-state index contributed by atoms with van der Waals surface area (Å²) in [6, 6.07) is 12.7. The van der Waals surface area contributed by atoms with Gasteiger partial charge in [-0.05, 0) is 67.7 Å². The van der Waals surface area contributed by atoms with Crippen molar-refractivity contribution < 1.29 is 23.8 Å². The van der Waals surface area contributed by atoms with Crippen LogP contribution in [0.25, 0.3) is 0 Å². The Labute approximate surface area is 244 Å². The van der Waals surface area contributed by atoms with Gasteiger partial charge in [0.1, 0.15) is 0 Å². The van der Waals surface area contributed by atoms with Gasteiger partial charge in [-0.3, -0.25) is 14.5 Å². The Bertz CT molecular complexity index is 1230. The molecule has 0 radical (unpaired) electrons. The van der Waals surface area contributed by atoms with Crippen LogP contribution >= 0.6 is 0 Å². The average molecular weight is 564 g/mol. The number of ether oxygens (including phenoxy) is 3. The molecule has 2 amide bonds. The monoisotopic (exact) mass is 563 g/mol. The largest absolute Gasteiger partial charge is 0.493 e. The normalized spacial score (nSPS) is 21.5. The third kappa shape index (κ3) is 6.64. The number of piperidine rings is 1. The summed E-state index contributed by atoms with van der Waals surface area (Å²) in [6.07, 6.45) is 7.87. The quantitative estimate of drug-likeness (QED) is 0.447. The Morgan fingerprint density at radius 2 is 1.63 bits per heavy atom. The highest BCUT2D eigenvalue weighted by Gasteiger charge is 2.37. The molecule has 2 unspecified atom stereocenters. The molecule has 8 nitrogen and oxygen atoms in total. The van der Waals surface area contributed by atoms with E-state index >= 15 is 0 Å². The number of para-hydroxylation sites is 1. The molecular weight excluding hydrogens is 518 g/mol. The molecule has 2 heterocycles. The van der Waals surface area contributed by atoms with Gasteiger partial charge in [0.2, 0.25) is 17.6 Å². The van der Waals surface area contributed by atoms with Gasteiger partial charge in [0.15, 0.2) is 11.5 Å². The molecule has 2 atom stereocenters. The summed E-state index contributed by atoms with van der Waals surface area (Å²) in [5.74, 6) is 2.67. The van der Waals surface area contributed by atoms with E-state index in [1.807, 2.05) is 40.1 Å². The Hall–Kier alpha value is -3.26. The maximum atomic E-state index is 14.1. The van der Waals surface area contributed by atoms with Crippen LogP contribution in [0.1, 0.15) is 63.0 Å². The van der Waals surface area contributed by atoms with E-state index in [2.05, 4.69) is 11.0 Å². The van der Waals surface area contributed by atoms with E-state index in [1.54, 1.807) is 28.3 Å². The zero-order valence-electron chi connectivity index (χ0n) is 25.1. The molecule has 2 aromatic carbocycles. The fourth-order valence-corrected chi connectivity index (χ4v) is 6.73. The van der Waals surface area contributed by atoms with E-state index in [4.69, 9.17) is 14.2 Å².